The number of imidazole rings is 1. The van der Waals surface area contributed by atoms with Gasteiger partial charge in [-0.05, 0) is 88.6 Å². The Bertz CT molecular complexity index is 1260. The molecule has 2 heterocycles. The molecule has 188 valence electrons. The first-order chi connectivity index (χ1) is 17.6. The van der Waals surface area contributed by atoms with Gasteiger partial charge in [0.25, 0.3) is 0 Å². The Morgan fingerprint density at radius 3 is 2.44 bits per heavy atom. The molecule has 5 rings (SSSR count). The zero-order chi connectivity index (χ0) is 24.9. The number of nitrogens with two attached hydrogens (primary N) is 1. The molecule has 36 heavy (non-hydrogen) atoms. The highest BCUT2D eigenvalue weighted by Crippen LogP contribution is 2.38. The van der Waals surface area contributed by atoms with E-state index in [2.05, 4.69) is 34.4 Å². The summed E-state index contributed by atoms with van der Waals surface area (Å²) in [6.45, 7) is 3.19. The normalized spacial score (nSPS) is 18.1. The quantitative estimate of drug-likeness (QED) is 0.335. The van der Waals surface area contributed by atoms with Crippen LogP contribution in [-0.4, -0.2) is 58.2 Å². The fourth-order valence-corrected chi connectivity index (χ4v) is 4.98. The molecule has 1 saturated carbocycles. The third kappa shape index (κ3) is 5.50. The number of anilines is 1. The second-order valence-electron chi connectivity index (χ2n) is 9.89. The van der Waals surface area contributed by atoms with Crippen LogP contribution >= 0.6 is 0 Å². The number of nitrogens with one attached hydrogen (secondary N) is 1. The van der Waals surface area contributed by atoms with Gasteiger partial charge in [0.1, 0.15) is 34.9 Å². The Balaban J connectivity index is 1.32. The number of aromatic nitrogens is 4. The molecule has 0 aliphatic heterocycles. The summed E-state index contributed by atoms with van der Waals surface area (Å²) in [6.07, 6.45) is 6.11. The first-order valence-electron chi connectivity index (χ1n) is 12.8. The van der Waals surface area contributed by atoms with Crippen molar-refractivity contribution in [1.82, 2.24) is 29.8 Å². The molecule has 8 heteroatoms. The number of benzene rings is 2. The van der Waals surface area contributed by atoms with E-state index < -0.39 is 0 Å². The predicted molar refractivity (Wildman–Crippen MR) is 143 cm³/mol. The van der Waals surface area contributed by atoms with Crippen LogP contribution in [0.1, 0.15) is 37.4 Å². The fraction of sp³-hybridized carbons (Fsp3) is 0.393. The highest BCUT2D eigenvalue weighted by Gasteiger charge is 2.28. The highest BCUT2D eigenvalue weighted by molar-refractivity contribution is 5.85. The zero-order valence-corrected chi connectivity index (χ0v) is 21.1. The van der Waals surface area contributed by atoms with Crippen LogP contribution in [-0.2, 0) is 0 Å². The van der Waals surface area contributed by atoms with Crippen molar-refractivity contribution in [1.29, 1.82) is 0 Å². The van der Waals surface area contributed by atoms with E-state index in [1.165, 1.54) is 19.2 Å². The minimum atomic E-state index is 0.360. The van der Waals surface area contributed by atoms with Gasteiger partial charge >= 0.3 is 0 Å². The van der Waals surface area contributed by atoms with Crippen LogP contribution in [0.2, 0.25) is 0 Å². The summed E-state index contributed by atoms with van der Waals surface area (Å²) < 4.78 is 7.86. The highest BCUT2D eigenvalue weighted by atomic mass is 16.5. The Labute approximate surface area is 212 Å². The lowest BCUT2D eigenvalue weighted by molar-refractivity contribution is 0.300. The van der Waals surface area contributed by atoms with Gasteiger partial charge in [0.2, 0.25) is 0 Å². The lowest BCUT2D eigenvalue weighted by Gasteiger charge is -2.28. The van der Waals surface area contributed by atoms with Gasteiger partial charge in [-0.1, -0.05) is 18.2 Å². The average Bonchev–Trinajstić information content (AvgIpc) is 3.29. The van der Waals surface area contributed by atoms with Crippen molar-refractivity contribution in [3.63, 3.8) is 0 Å². The summed E-state index contributed by atoms with van der Waals surface area (Å²) in [5.74, 6) is 4.08. The standard InChI is InChI=1S/C28H35N7O/c1-34(2)17-16-30-18-20-8-10-22(11-9-20)28-33-25(26-27(29)31-19-32-35(26)28)21-12-14-24(15-13-21)36-23-6-4-3-5-7-23/h3-7,12-15,19-20,22,30H,8-11,16-18H2,1-2H3,(H2,29,31,32). The van der Waals surface area contributed by atoms with E-state index in [1.807, 2.05) is 59.1 Å². The minimum Gasteiger partial charge on any atom is -0.457 e. The molecular weight excluding hydrogens is 450 g/mol. The molecule has 2 aromatic heterocycles. The molecule has 1 fully saturated rings. The van der Waals surface area contributed by atoms with E-state index >= 15 is 0 Å². The van der Waals surface area contributed by atoms with E-state index in [4.69, 9.17) is 15.5 Å². The minimum absolute atomic E-state index is 0.360. The maximum absolute atomic E-state index is 6.33. The van der Waals surface area contributed by atoms with Gasteiger partial charge in [0.05, 0.1) is 0 Å². The predicted octanol–water partition coefficient (Wildman–Crippen LogP) is 4.59. The Morgan fingerprint density at radius 2 is 1.72 bits per heavy atom. The van der Waals surface area contributed by atoms with Crippen LogP contribution < -0.4 is 15.8 Å². The second-order valence-corrected chi connectivity index (χ2v) is 9.89. The lowest BCUT2D eigenvalue weighted by atomic mass is 9.81. The molecule has 1 aliphatic rings. The number of rotatable bonds is 9. The van der Waals surface area contributed by atoms with Gasteiger partial charge in [-0.3, -0.25) is 0 Å². The van der Waals surface area contributed by atoms with Gasteiger partial charge < -0.3 is 20.7 Å². The molecule has 0 unspecified atom stereocenters. The van der Waals surface area contributed by atoms with E-state index in [0.29, 0.717) is 17.7 Å². The Morgan fingerprint density at radius 1 is 1.00 bits per heavy atom. The smallest absolute Gasteiger partial charge is 0.153 e. The molecule has 0 spiro atoms. The van der Waals surface area contributed by atoms with Gasteiger partial charge in [-0.15, -0.1) is 0 Å². The van der Waals surface area contributed by atoms with Gasteiger partial charge in [-0.25, -0.2) is 14.5 Å². The molecule has 1 aliphatic carbocycles. The molecule has 0 atom stereocenters. The number of nitrogen functional groups attached to an aromatic ring is 1. The van der Waals surface area contributed by atoms with Crippen LogP contribution in [0, 0.1) is 5.92 Å². The Hall–Kier alpha value is -3.49. The number of para-hydroxylation sites is 1. The second kappa shape index (κ2) is 11.1. The molecule has 0 amide bonds. The van der Waals surface area contributed by atoms with Crippen molar-refractivity contribution in [2.24, 2.45) is 5.92 Å². The zero-order valence-electron chi connectivity index (χ0n) is 21.1. The summed E-state index contributed by atoms with van der Waals surface area (Å²) in [7, 11) is 4.22. The number of likely N-dealkylation sites (N-methyl/N-ethyl adjacent to an activating group) is 1. The first-order valence-corrected chi connectivity index (χ1v) is 12.8. The van der Waals surface area contributed by atoms with Crippen molar-refractivity contribution in [2.75, 3.05) is 39.5 Å². The molecule has 0 bridgehead atoms. The first kappa shape index (κ1) is 24.2. The molecule has 0 radical (unpaired) electrons. The average molecular weight is 486 g/mol. The maximum atomic E-state index is 6.33. The van der Waals surface area contributed by atoms with Crippen LogP contribution in [0.3, 0.4) is 0 Å². The third-order valence-corrected chi connectivity index (χ3v) is 6.97. The van der Waals surface area contributed by atoms with E-state index in [0.717, 1.165) is 66.6 Å². The summed E-state index contributed by atoms with van der Waals surface area (Å²) in [5.41, 5.74) is 8.90. The molecule has 0 saturated heterocycles. The maximum Gasteiger partial charge on any atom is 0.153 e. The van der Waals surface area contributed by atoms with Crippen molar-refractivity contribution >= 4 is 11.3 Å². The third-order valence-electron chi connectivity index (χ3n) is 6.97. The fourth-order valence-electron chi connectivity index (χ4n) is 4.98. The van der Waals surface area contributed by atoms with Crippen molar-refractivity contribution < 1.29 is 4.74 Å². The Kier molecular flexibility index (Phi) is 7.44. The lowest BCUT2D eigenvalue weighted by Crippen LogP contribution is -2.31. The monoisotopic (exact) mass is 485 g/mol. The molecule has 8 nitrogen and oxygen atoms in total. The van der Waals surface area contributed by atoms with Crippen molar-refractivity contribution in [2.45, 2.75) is 31.6 Å². The summed E-state index contributed by atoms with van der Waals surface area (Å²) in [4.78, 5) is 11.6. The van der Waals surface area contributed by atoms with Crippen LogP contribution in [0.25, 0.3) is 16.8 Å². The van der Waals surface area contributed by atoms with Crippen LogP contribution in [0.15, 0.2) is 60.9 Å². The number of fused-ring (bicyclic) bond motifs is 1. The summed E-state index contributed by atoms with van der Waals surface area (Å²) >= 11 is 0. The number of ether oxygens (including phenoxy) is 1. The van der Waals surface area contributed by atoms with Crippen LogP contribution in [0.5, 0.6) is 11.5 Å². The van der Waals surface area contributed by atoms with Gasteiger partial charge in [-0.2, -0.15) is 5.10 Å². The van der Waals surface area contributed by atoms with E-state index in [9.17, 15) is 0 Å². The van der Waals surface area contributed by atoms with Crippen LogP contribution in [0.4, 0.5) is 5.82 Å². The van der Waals surface area contributed by atoms with Crippen molar-refractivity contribution in [3.05, 3.63) is 66.7 Å². The molecule has 4 aromatic rings. The van der Waals surface area contributed by atoms with E-state index in [1.54, 1.807) is 0 Å². The number of hydrogen-bond donors (Lipinski definition) is 2. The number of nitrogens with zero attached hydrogens (tertiary/aromatic N) is 5. The largest absolute Gasteiger partial charge is 0.457 e. The number of hydrogen-bond acceptors (Lipinski definition) is 7. The molecule has 2 aromatic carbocycles. The molecule has 3 N–H and O–H groups in total. The SMILES string of the molecule is CN(C)CCNCC1CCC(c2nc(-c3ccc(Oc4ccccc4)cc3)c3c(N)ncnn23)CC1. The van der Waals surface area contributed by atoms with Crippen molar-refractivity contribution in [3.8, 4) is 22.8 Å². The molecular formula is C28H35N7O. The topological polar surface area (TPSA) is 93.6 Å². The summed E-state index contributed by atoms with van der Waals surface area (Å²) in [6, 6.07) is 17.7. The van der Waals surface area contributed by atoms with Gasteiger partial charge in [0, 0.05) is 24.6 Å². The van der Waals surface area contributed by atoms with E-state index in [-0.39, 0.29) is 0 Å². The van der Waals surface area contributed by atoms with Gasteiger partial charge in [0.15, 0.2) is 5.82 Å². The summed E-state index contributed by atoms with van der Waals surface area (Å²) in [5, 5.41) is 8.17.